The predicted octanol–water partition coefficient (Wildman–Crippen LogP) is 2.48. The fourth-order valence-corrected chi connectivity index (χ4v) is 4.48. The maximum absolute atomic E-state index is 13.1. The van der Waals surface area contributed by atoms with Crippen LogP contribution in [0.4, 0.5) is 10.6 Å². The van der Waals surface area contributed by atoms with Crippen molar-refractivity contribution >= 4 is 17.8 Å². The Kier molecular flexibility index (Phi) is 8.27. The van der Waals surface area contributed by atoms with Gasteiger partial charge in [0.25, 0.3) is 0 Å². The Morgan fingerprint density at radius 3 is 2.56 bits per heavy atom. The maximum atomic E-state index is 13.1. The van der Waals surface area contributed by atoms with E-state index in [9.17, 15) is 9.59 Å². The first-order chi connectivity index (χ1) is 17.5. The largest absolute Gasteiger partial charge is 0.493 e. The molecule has 1 aromatic heterocycles. The second-order valence-electron chi connectivity index (χ2n) is 8.44. The zero-order valence-electron chi connectivity index (χ0n) is 21.0. The van der Waals surface area contributed by atoms with Crippen LogP contribution in [0.25, 0.3) is 0 Å². The van der Waals surface area contributed by atoms with E-state index >= 15 is 0 Å². The van der Waals surface area contributed by atoms with Crippen molar-refractivity contribution in [3.63, 3.8) is 0 Å². The number of anilines is 1. The molecule has 1 fully saturated rings. The lowest BCUT2D eigenvalue weighted by Gasteiger charge is -2.37. The van der Waals surface area contributed by atoms with Crippen molar-refractivity contribution < 1.29 is 23.8 Å². The van der Waals surface area contributed by atoms with E-state index in [1.54, 1.807) is 32.4 Å². The average molecular weight is 496 g/mol. The summed E-state index contributed by atoms with van der Waals surface area (Å²) in [4.78, 5) is 34.7. The lowest BCUT2D eigenvalue weighted by atomic mass is 9.94. The SMILES string of the molecule is CCOC(=O)C1=C(CN2CCN(c3ccccn3)CC2)NC(=O)N[C@H]1c1ccc(OCC)c(OC)c1. The maximum Gasteiger partial charge on any atom is 0.338 e. The minimum absolute atomic E-state index is 0.228. The minimum atomic E-state index is -0.688. The predicted molar refractivity (Wildman–Crippen MR) is 135 cm³/mol. The van der Waals surface area contributed by atoms with Crippen LogP contribution < -0.4 is 25.0 Å². The van der Waals surface area contributed by atoms with Gasteiger partial charge in [0.2, 0.25) is 0 Å². The Hall–Kier alpha value is -3.79. The van der Waals surface area contributed by atoms with Gasteiger partial charge in [-0.3, -0.25) is 4.90 Å². The highest BCUT2D eigenvalue weighted by molar-refractivity contribution is 5.95. The summed E-state index contributed by atoms with van der Waals surface area (Å²) >= 11 is 0. The monoisotopic (exact) mass is 495 g/mol. The molecule has 3 heterocycles. The van der Waals surface area contributed by atoms with Crippen molar-refractivity contribution in [2.24, 2.45) is 0 Å². The van der Waals surface area contributed by atoms with Crippen LogP contribution in [0.5, 0.6) is 11.5 Å². The molecule has 2 aromatic rings. The van der Waals surface area contributed by atoms with Crippen molar-refractivity contribution in [2.45, 2.75) is 19.9 Å². The number of hydrogen-bond donors (Lipinski definition) is 2. The molecule has 0 saturated carbocycles. The van der Waals surface area contributed by atoms with Gasteiger partial charge >= 0.3 is 12.0 Å². The summed E-state index contributed by atoms with van der Waals surface area (Å²) in [7, 11) is 1.56. The summed E-state index contributed by atoms with van der Waals surface area (Å²) < 4.78 is 16.5. The molecule has 2 aliphatic rings. The number of pyridine rings is 1. The highest BCUT2D eigenvalue weighted by Crippen LogP contribution is 2.35. The van der Waals surface area contributed by atoms with Gasteiger partial charge in [-0.15, -0.1) is 0 Å². The molecule has 1 saturated heterocycles. The molecule has 0 unspecified atom stereocenters. The number of piperazine rings is 1. The molecule has 2 aliphatic heterocycles. The third-order valence-electron chi connectivity index (χ3n) is 6.20. The molecular weight excluding hydrogens is 462 g/mol. The van der Waals surface area contributed by atoms with Gasteiger partial charge in [-0.25, -0.2) is 14.6 Å². The molecule has 0 bridgehead atoms. The van der Waals surface area contributed by atoms with Gasteiger partial charge in [0.15, 0.2) is 11.5 Å². The highest BCUT2D eigenvalue weighted by Gasteiger charge is 2.35. The fraction of sp³-hybridized carbons (Fsp3) is 0.423. The number of hydrogen-bond acceptors (Lipinski definition) is 8. The normalized spacial score (nSPS) is 18.4. The number of aromatic nitrogens is 1. The van der Waals surface area contributed by atoms with E-state index in [1.807, 2.05) is 31.2 Å². The molecule has 0 aliphatic carbocycles. The number of nitrogens with one attached hydrogen (secondary N) is 2. The van der Waals surface area contributed by atoms with E-state index in [0.717, 1.165) is 32.0 Å². The first kappa shape index (κ1) is 25.3. The van der Waals surface area contributed by atoms with Crippen LogP contribution in [0.2, 0.25) is 0 Å². The van der Waals surface area contributed by atoms with Crippen molar-refractivity contribution in [2.75, 3.05) is 57.9 Å². The summed E-state index contributed by atoms with van der Waals surface area (Å²) in [5.74, 6) is 1.60. The molecule has 192 valence electrons. The van der Waals surface area contributed by atoms with E-state index in [-0.39, 0.29) is 12.6 Å². The van der Waals surface area contributed by atoms with Crippen molar-refractivity contribution in [1.29, 1.82) is 0 Å². The van der Waals surface area contributed by atoms with Crippen LogP contribution in [0.1, 0.15) is 25.5 Å². The Morgan fingerprint density at radius 1 is 1.08 bits per heavy atom. The van der Waals surface area contributed by atoms with Crippen LogP contribution >= 0.6 is 0 Å². The van der Waals surface area contributed by atoms with Gasteiger partial charge < -0.3 is 29.7 Å². The number of nitrogens with zero attached hydrogens (tertiary/aromatic N) is 3. The molecular formula is C26H33N5O5. The Balaban J connectivity index is 1.60. The standard InChI is InChI=1S/C26H33N5O5/c1-4-35-20-10-9-18(16-21(20)34-3)24-23(25(32)36-5-2)19(28-26(33)29-24)17-30-12-14-31(15-13-30)22-8-6-7-11-27-22/h6-11,16,24H,4-5,12-15,17H2,1-3H3,(H2,28,29,33)/t24-/m0/s1. The number of esters is 1. The zero-order valence-corrected chi connectivity index (χ0v) is 21.0. The van der Waals surface area contributed by atoms with Crippen LogP contribution in [0.3, 0.4) is 0 Å². The number of amides is 2. The topological polar surface area (TPSA) is 105 Å². The summed E-state index contributed by atoms with van der Waals surface area (Å²) in [5.41, 5.74) is 1.63. The van der Waals surface area contributed by atoms with E-state index < -0.39 is 12.0 Å². The first-order valence-electron chi connectivity index (χ1n) is 12.2. The third-order valence-corrected chi connectivity index (χ3v) is 6.20. The van der Waals surface area contributed by atoms with Crippen molar-refractivity contribution in [1.82, 2.24) is 20.5 Å². The van der Waals surface area contributed by atoms with Gasteiger partial charge in [-0.1, -0.05) is 12.1 Å². The van der Waals surface area contributed by atoms with E-state index in [2.05, 4.69) is 25.4 Å². The number of carbonyl (C=O) groups excluding carboxylic acids is 2. The smallest absolute Gasteiger partial charge is 0.338 e. The number of methoxy groups -OCH3 is 1. The molecule has 0 spiro atoms. The van der Waals surface area contributed by atoms with Gasteiger partial charge in [-0.2, -0.15) is 0 Å². The van der Waals surface area contributed by atoms with E-state index in [0.29, 0.717) is 41.5 Å². The van der Waals surface area contributed by atoms with E-state index in [1.165, 1.54) is 0 Å². The quantitative estimate of drug-likeness (QED) is 0.512. The van der Waals surface area contributed by atoms with Gasteiger partial charge in [0.05, 0.1) is 31.9 Å². The average Bonchev–Trinajstić information content (AvgIpc) is 2.90. The van der Waals surface area contributed by atoms with Gasteiger partial charge in [-0.05, 0) is 43.7 Å². The highest BCUT2D eigenvalue weighted by atomic mass is 16.5. The summed E-state index contributed by atoms with van der Waals surface area (Å²) in [6.07, 6.45) is 1.79. The van der Waals surface area contributed by atoms with Crippen LogP contribution in [0, 0.1) is 0 Å². The summed E-state index contributed by atoms with van der Waals surface area (Å²) in [6, 6.07) is 10.2. The molecule has 0 radical (unpaired) electrons. The second kappa shape index (κ2) is 11.8. The lowest BCUT2D eigenvalue weighted by molar-refractivity contribution is -0.139. The van der Waals surface area contributed by atoms with Crippen molar-refractivity contribution in [3.8, 4) is 11.5 Å². The number of carbonyl (C=O) groups is 2. The zero-order chi connectivity index (χ0) is 25.5. The van der Waals surface area contributed by atoms with Crippen LogP contribution in [-0.4, -0.2) is 74.9 Å². The van der Waals surface area contributed by atoms with Crippen LogP contribution in [-0.2, 0) is 9.53 Å². The number of ether oxygens (including phenoxy) is 3. The Labute approximate surface area is 211 Å². The minimum Gasteiger partial charge on any atom is -0.493 e. The van der Waals surface area contributed by atoms with Gasteiger partial charge in [0, 0.05) is 44.6 Å². The van der Waals surface area contributed by atoms with E-state index in [4.69, 9.17) is 14.2 Å². The number of benzene rings is 1. The number of urea groups is 1. The lowest BCUT2D eigenvalue weighted by Crippen LogP contribution is -2.52. The summed E-state index contributed by atoms with van der Waals surface area (Å²) in [5, 5.41) is 5.74. The molecule has 2 amide bonds. The second-order valence-corrected chi connectivity index (χ2v) is 8.44. The Morgan fingerprint density at radius 2 is 1.89 bits per heavy atom. The molecule has 1 aromatic carbocycles. The molecule has 10 nitrogen and oxygen atoms in total. The summed E-state index contributed by atoms with van der Waals surface area (Å²) in [6.45, 7) is 7.92. The molecule has 4 rings (SSSR count). The first-order valence-corrected chi connectivity index (χ1v) is 12.2. The molecule has 2 N–H and O–H groups in total. The van der Waals surface area contributed by atoms with Gasteiger partial charge in [0.1, 0.15) is 5.82 Å². The molecule has 10 heteroatoms. The van der Waals surface area contributed by atoms with Crippen LogP contribution in [0.15, 0.2) is 53.9 Å². The van der Waals surface area contributed by atoms with Crippen molar-refractivity contribution in [3.05, 3.63) is 59.4 Å². The number of rotatable bonds is 9. The molecule has 36 heavy (non-hydrogen) atoms. The molecule has 1 atom stereocenters. The third kappa shape index (κ3) is 5.71. The Bertz CT molecular complexity index is 1100. The fourth-order valence-electron chi connectivity index (χ4n) is 4.48.